The van der Waals surface area contributed by atoms with Crippen molar-refractivity contribution >= 4 is 27.7 Å². The van der Waals surface area contributed by atoms with Crippen LogP contribution in [0.25, 0.3) is 0 Å². The molecule has 1 aromatic heterocycles. The zero-order valence-corrected chi connectivity index (χ0v) is 13.1. The lowest BCUT2D eigenvalue weighted by Crippen LogP contribution is -2.21. The molecule has 0 aliphatic rings. The summed E-state index contributed by atoms with van der Waals surface area (Å²) in [5.41, 5.74) is 7.24. The minimum absolute atomic E-state index is 0.229. The Morgan fingerprint density at radius 1 is 1.37 bits per heavy atom. The molecule has 0 spiro atoms. The van der Waals surface area contributed by atoms with E-state index in [1.54, 1.807) is 24.3 Å². The van der Waals surface area contributed by atoms with Gasteiger partial charge in [0.2, 0.25) is 0 Å². The third kappa shape index (κ3) is 4.30. The summed E-state index contributed by atoms with van der Waals surface area (Å²) in [6.07, 6.45) is 5.21. The molecule has 0 radical (unpaired) electrons. The maximum absolute atomic E-state index is 5.98. The maximum atomic E-state index is 5.98. The lowest BCUT2D eigenvalue weighted by atomic mass is 10.1. The zero-order chi connectivity index (χ0) is 13.7. The van der Waals surface area contributed by atoms with E-state index in [1.165, 1.54) is 5.56 Å². The monoisotopic (exact) mass is 337 g/mol. The predicted molar refractivity (Wildman–Crippen MR) is 82.3 cm³/mol. The Hall–Kier alpha value is -0.910. The van der Waals surface area contributed by atoms with E-state index in [4.69, 9.17) is 5.73 Å². The van der Waals surface area contributed by atoms with Gasteiger partial charge in [0.05, 0.1) is 0 Å². The van der Waals surface area contributed by atoms with E-state index >= 15 is 0 Å². The quantitative estimate of drug-likeness (QED) is 0.845. The van der Waals surface area contributed by atoms with Crippen LogP contribution in [0, 0.1) is 0 Å². The van der Waals surface area contributed by atoms with Gasteiger partial charge in [-0.25, -0.2) is 9.97 Å². The van der Waals surface area contributed by atoms with Gasteiger partial charge in [0.1, 0.15) is 11.4 Å². The Morgan fingerprint density at radius 2 is 2.21 bits per heavy atom. The summed E-state index contributed by atoms with van der Waals surface area (Å²) in [7, 11) is 0. The van der Waals surface area contributed by atoms with E-state index in [0.29, 0.717) is 0 Å². The maximum Gasteiger partial charge on any atom is 0.116 e. The first-order valence-electron chi connectivity index (χ1n) is 6.17. The van der Waals surface area contributed by atoms with Gasteiger partial charge in [-0.2, -0.15) is 0 Å². The normalized spacial score (nSPS) is 12.4. The van der Waals surface area contributed by atoms with Gasteiger partial charge in [-0.3, -0.25) is 0 Å². The van der Waals surface area contributed by atoms with Crippen molar-refractivity contribution in [1.29, 1.82) is 0 Å². The molecule has 1 aromatic carbocycles. The standard InChI is InChI=1S/C14H16BrN3S/c1-2-11(16)7-10-3-4-13(12(15)8-10)19-14-5-6-17-9-18-14/h3-6,8-9,11H,2,7,16H2,1H3. The average Bonchev–Trinajstić information content (AvgIpc) is 2.43. The van der Waals surface area contributed by atoms with Gasteiger partial charge in [-0.1, -0.05) is 24.8 Å². The fourth-order valence-corrected chi connectivity index (χ4v) is 3.07. The van der Waals surface area contributed by atoms with E-state index in [1.807, 2.05) is 6.07 Å². The van der Waals surface area contributed by atoms with Crippen molar-refractivity contribution in [1.82, 2.24) is 9.97 Å². The van der Waals surface area contributed by atoms with E-state index in [9.17, 15) is 0 Å². The second-order valence-corrected chi connectivity index (χ2v) is 6.20. The third-order valence-corrected chi connectivity index (χ3v) is 4.73. The molecule has 1 unspecified atom stereocenters. The largest absolute Gasteiger partial charge is 0.327 e. The molecule has 0 fully saturated rings. The van der Waals surface area contributed by atoms with Crippen molar-refractivity contribution in [2.24, 2.45) is 5.73 Å². The Kier molecular flexibility index (Phi) is 5.36. The fraction of sp³-hybridized carbons (Fsp3) is 0.286. The number of nitrogens with two attached hydrogens (primary N) is 1. The molecule has 0 aliphatic carbocycles. The van der Waals surface area contributed by atoms with E-state index in [2.05, 4.69) is 51.0 Å². The highest BCUT2D eigenvalue weighted by Crippen LogP contribution is 2.32. The molecular weight excluding hydrogens is 322 g/mol. The highest BCUT2D eigenvalue weighted by atomic mass is 79.9. The van der Waals surface area contributed by atoms with Crippen molar-refractivity contribution in [2.75, 3.05) is 0 Å². The number of hydrogen-bond acceptors (Lipinski definition) is 4. The first-order valence-corrected chi connectivity index (χ1v) is 7.78. The molecule has 0 aliphatic heterocycles. The molecule has 0 saturated heterocycles. The second kappa shape index (κ2) is 7.03. The summed E-state index contributed by atoms with van der Waals surface area (Å²) >= 11 is 5.23. The molecule has 19 heavy (non-hydrogen) atoms. The van der Waals surface area contributed by atoms with Crippen LogP contribution in [-0.2, 0) is 6.42 Å². The SMILES string of the molecule is CCC(N)Cc1ccc(Sc2ccncn2)c(Br)c1. The van der Waals surface area contributed by atoms with Crippen LogP contribution in [0.2, 0.25) is 0 Å². The Morgan fingerprint density at radius 3 is 2.84 bits per heavy atom. The molecule has 2 aromatic rings. The third-order valence-electron chi connectivity index (χ3n) is 2.79. The van der Waals surface area contributed by atoms with Crippen LogP contribution in [0.5, 0.6) is 0 Å². The number of rotatable bonds is 5. The van der Waals surface area contributed by atoms with Crippen molar-refractivity contribution in [3.63, 3.8) is 0 Å². The predicted octanol–water partition coefficient (Wildman–Crippen LogP) is 3.67. The number of benzene rings is 1. The molecule has 1 atom stereocenters. The fourth-order valence-electron chi connectivity index (χ4n) is 1.65. The van der Waals surface area contributed by atoms with Crippen molar-refractivity contribution in [3.8, 4) is 0 Å². The summed E-state index contributed by atoms with van der Waals surface area (Å²) in [5, 5.41) is 0.939. The molecule has 2 rings (SSSR count). The molecule has 0 bridgehead atoms. The van der Waals surface area contributed by atoms with E-state index < -0.39 is 0 Å². The summed E-state index contributed by atoms with van der Waals surface area (Å²) < 4.78 is 1.08. The van der Waals surface area contributed by atoms with Gasteiger partial charge in [0.25, 0.3) is 0 Å². The topological polar surface area (TPSA) is 51.8 Å². The van der Waals surface area contributed by atoms with Crippen molar-refractivity contribution in [3.05, 3.63) is 46.8 Å². The highest BCUT2D eigenvalue weighted by Gasteiger charge is 2.07. The molecule has 0 amide bonds. The van der Waals surface area contributed by atoms with Gasteiger partial charge in [0, 0.05) is 21.6 Å². The van der Waals surface area contributed by atoms with Crippen LogP contribution < -0.4 is 5.73 Å². The van der Waals surface area contributed by atoms with Crippen LogP contribution in [0.1, 0.15) is 18.9 Å². The lowest BCUT2D eigenvalue weighted by molar-refractivity contribution is 0.646. The first kappa shape index (κ1) is 14.5. The molecule has 0 saturated carbocycles. The molecule has 1 heterocycles. The summed E-state index contributed by atoms with van der Waals surface area (Å²) in [4.78, 5) is 9.27. The van der Waals surface area contributed by atoms with Crippen LogP contribution in [0.3, 0.4) is 0 Å². The van der Waals surface area contributed by atoms with Crippen LogP contribution >= 0.6 is 27.7 Å². The number of hydrogen-bond donors (Lipinski definition) is 1. The Labute approximate surface area is 126 Å². The van der Waals surface area contributed by atoms with E-state index in [0.717, 1.165) is 27.2 Å². The van der Waals surface area contributed by atoms with Gasteiger partial charge in [-0.05, 0) is 52.5 Å². The molecule has 3 nitrogen and oxygen atoms in total. The summed E-state index contributed by atoms with van der Waals surface area (Å²) in [6, 6.07) is 8.50. The molecule has 100 valence electrons. The highest BCUT2D eigenvalue weighted by molar-refractivity contribution is 9.10. The smallest absolute Gasteiger partial charge is 0.116 e. The second-order valence-electron chi connectivity index (χ2n) is 4.29. The molecular formula is C14H16BrN3S. The number of aromatic nitrogens is 2. The lowest BCUT2D eigenvalue weighted by Gasteiger charge is -2.10. The number of halogens is 1. The van der Waals surface area contributed by atoms with Gasteiger partial charge < -0.3 is 5.73 Å². The van der Waals surface area contributed by atoms with Crippen LogP contribution in [0.4, 0.5) is 0 Å². The molecule has 2 N–H and O–H groups in total. The Bertz CT molecular complexity index is 533. The zero-order valence-electron chi connectivity index (χ0n) is 10.7. The van der Waals surface area contributed by atoms with Crippen LogP contribution in [-0.4, -0.2) is 16.0 Å². The first-order chi connectivity index (χ1) is 9.19. The average molecular weight is 338 g/mol. The van der Waals surface area contributed by atoms with Crippen molar-refractivity contribution in [2.45, 2.75) is 35.7 Å². The van der Waals surface area contributed by atoms with E-state index in [-0.39, 0.29) is 6.04 Å². The van der Waals surface area contributed by atoms with Crippen LogP contribution in [0.15, 0.2) is 51.2 Å². The van der Waals surface area contributed by atoms with Gasteiger partial charge in [0.15, 0.2) is 0 Å². The number of nitrogens with zero attached hydrogens (tertiary/aromatic N) is 2. The Balaban J connectivity index is 2.11. The summed E-state index contributed by atoms with van der Waals surface area (Å²) in [5.74, 6) is 0. The van der Waals surface area contributed by atoms with Gasteiger partial charge in [-0.15, -0.1) is 0 Å². The van der Waals surface area contributed by atoms with Gasteiger partial charge >= 0.3 is 0 Å². The minimum atomic E-state index is 0.229. The minimum Gasteiger partial charge on any atom is -0.327 e. The van der Waals surface area contributed by atoms with Crippen molar-refractivity contribution < 1.29 is 0 Å². The molecule has 5 heteroatoms. The summed E-state index contributed by atoms with van der Waals surface area (Å²) in [6.45, 7) is 2.11.